The molecule has 172 valence electrons. The van der Waals surface area contributed by atoms with E-state index in [0.29, 0.717) is 13.2 Å². The summed E-state index contributed by atoms with van der Waals surface area (Å²) in [7, 11) is 0. The Labute approximate surface area is 191 Å². The van der Waals surface area contributed by atoms with Crippen LogP contribution in [0.1, 0.15) is 37.2 Å². The van der Waals surface area contributed by atoms with Gasteiger partial charge in [0.05, 0.1) is 19.8 Å². The van der Waals surface area contributed by atoms with Crippen molar-refractivity contribution < 1.29 is 23.9 Å². The van der Waals surface area contributed by atoms with Crippen molar-refractivity contribution >= 4 is 36.8 Å². The number of halogens is 1. The van der Waals surface area contributed by atoms with Gasteiger partial charge in [-0.3, -0.25) is 19.4 Å². The fraction of sp³-hybridized carbons (Fsp3) is 0.304. The van der Waals surface area contributed by atoms with Crippen molar-refractivity contribution in [1.82, 2.24) is 0 Å². The van der Waals surface area contributed by atoms with Crippen LogP contribution in [0.4, 0.5) is 0 Å². The molecule has 0 spiro atoms. The van der Waals surface area contributed by atoms with Crippen LogP contribution in [0.3, 0.4) is 0 Å². The van der Waals surface area contributed by atoms with E-state index in [2.05, 4.69) is 9.73 Å². The molecule has 0 radical (unpaired) electrons. The number of aldehydes is 1. The molecule has 2 aromatic carbocycles. The lowest BCUT2D eigenvalue weighted by Crippen LogP contribution is -2.16. The van der Waals surface area contributed by atoms with E-state index in [4.69, 9.17) is 10.5 Å². The Bertz CT molecular complexity index is 725. The van der Waals surface area contributed by atoms with Crippen molar-refractivity contribution in [2.45, 2.75) is 21.3 Å². The Balaban J connectivity index is -0.000000398. The van der Waals surface area contributed by atoms with E-state index in [1.165, 1.54) is 0 Å². The molecule has 0 amide bonds. The minimum absolute atomic E-state index is 0. The third kappa shape index (κ3) is 20.0. The normalized spacial score (nSPS) is 8.74. The summed E-state index contributed by atoms with van der Waals surface area (Å²) in [5, 5.41) is 0. The summed E-state index contributed by atoms with van der Waals surface area (Å²) in [4.78, 5) is 34.9. The zero-order valence-electron chi connectivity index (χ0n) is 17.2. The van der Waals surface area contributed by atoms with E-state index in [1.807, 2.05) is 48.5 Å². The standard InChI is InChI=1S/C11H13NO2.C7H6O.C4H9NO2.CH4.ClH/c1-2-14-11(13)9-12-8-10-6-4-3-5-7-10;8-6-7-4-2-1-3-5-7;1-2-7-4(6)3-5;;/h3-8H,2,9H2,1H3;1-6H;2-3,5H2,1H3;1H4;1H. The van der Waals surface area contributed by atoms with Crippen molar-refractivity contribution in [2.75, 3.05) is 26.3 Å². The zero-order valence-corrected chi connectivity index (χ0v) is 18.0. The van der Waals surface area contributed by atoms with Crippen LogP contribution in [0.15, 0.2) is 65.7 Å². The fourth-order valence-electron chi connectivity index (χ4n) is 1.72. The Morgan fingerprint density at radius 1 is 0.871 bits per heavy atom. The van der Waals surface area contributed by atoms with E-state index < -0.39 is 0 Å². The Morgan fingerprint density at radius 3 is 1.68 bits per heavy atom. The number of nitrogens with zero attached hydrogens (tertiary/aromatic N) is 1. The summed E-state index contributed by atoms with van der Waals surface area (Å²) in [6, 6.07) is 18.7. The number of benzene rings is 2. The lowest BCUT2D eigenvalue weighted by atomic mass is 10.2. The van der Waals surface area contributed by atoms with Crippen LogP contribution in [-0.2, 0) is 19.1 Å². The van der Waals surface area contributed by atoms with E-state index >= 15 is 0 Å². The molecule has 0 unspecified atom stereocenters. The van der Waals surface area contributed by atoms with Gasteiger partial charge in [0.15, 0.2) is 0 Å². The molecule has 0 aliphatic heterocycles. The van der Waals surface area contributed by atoms with Crippen LogP contribution >= 0.6 is 12.4 Å². The summed E-state index contributed by atoms with van der Waals surface area (Å²) in [6.45, 7) is 4.40. The number of hydrogen-bond acceptors (Lipinski definition) is 7. The molecule has 2 N–H and O–H groups in total. The van der Waals surface area contributed by atoms with Gasteiger partial charge < -0.3 is 15.2 Å². The van der Waals surface area contributed by atoms with Crippen molar-refractivity contribution in [3.63, 3.8) is 0 Å². The molecule has 0 aliphatic carbocycles. The zero-order chi connectivity index (χ0) is 21.7. The maximum Gasteiger partial charge on any atom is 0.327 e. The highest BCUT2D eigenvalue weighted by molar-refractivity contribution is 5.85. The number of nitrogens with two attached hydrogens (primary N) is 1. The van der Waals surface area contributed by atoms with Crippen molar-refractivity contribution in [2.24, 2.45) is 10.7 Å². The smallest absolute Gasteiger partial charge is 0.327 e. The maximum absolute atomic E-state index is 10.9. The van der Waals surface area contributed by atoms with E-state index in [0.717, 1.165) is 17.4 Å². The van der Waals surface area contributed by atoms with Gasteiger partial charge in [-0.25, -0.2) is 0 Å². The topological polar surface area (TPSA) is 108 Å². The SMILES string of the molecule is C.CCOC(=O)CN.CCOC(=O)CN=Cc1ccccc1.Cl.O=Cc1ccccc1. The molecule has 0 aromatic heterocycles. The first-order valence-electron chi connectivity index (χ1n) is 9.13. The highest BCUT2D eigenvalue weighted by atomic mass is 35.5. The minimum Gasteiger partial charge on any atom is -0.465 e. The molecule has 0 bridgehead atoms. The quantitative estimate of drug-likeness (QED) is 0.389. The molecule has 0 fully saturated rings. The molecular formula is C23H33ClN2O5. The lowest BCUT2D eigenvalue weighted by molar-refractivity contribution is -0.142. The second kappa shape index (κ2) is 23.3. The molecule has 2 rings (SSSR count). The first kappa shape index (κ1) is 32.6. The Morgan fingerprint density at radius 2 is 1.32 bits per heavy atom. The van der Waals surface area contributed by atoms with Gasteiger partial charge in [0.25, 0.3) is 0 Å². The number of hydrogen-bond donors (Lipinski definition) is 1. The van der Waals surface area contributed by atoms with Crippen LogP contribution in [0.5, 0.6) is 0 Å². The molecule has 8 heteroatoms. The highest BCUT2D eigenvalue weighted by Gasteiger charge is 1.96. The lowest BCUT2D eigenvalue weighted by Gasteiger charge is -1.96. The van der Waals surface area contributed by atoms with Gasteiger partial charge in [-0.1, -0.05) is 68.1 Å². The Hall–Kier alpha value is -3.03. The van der Waals surface area contributed by atoms with Gasteiger partial charge in [0.2, 0.25) is 0 Å². The van der Waals surface area contributed by atoms with E-state index in [9.17, 15) is 14.4 Å². The minimum atomic E-state index is -0.345. The monoisotopic (exact) mass is 452 g/mol. The molecule has 0 atom stereocenters. The maximum atomic E-state index is 10.9. The molecule has 31 heavy (non-hydrogen) atoms. The summed E-state index contributed by atoms with van der Waals surface area (Å²) in [5.74, 6) is -0.637. The molecule has 0 heterocycles. The van der Waals surface area contributed by atoms with Gasteiger partial charge in [-0.2, -0.15) is 0 Å². The first-order valence-corrected chi connectivity index (χ1v) is 9.13. The molecule has 0 saturated heterocycles. The van der Waals surface area contributed by atoms with Crippen molar-refractivity contribution in [3.05, 3.63) is 71.8 Å². The molecule has 2 aromatic rings. The molecule has 0 saturated carbocycles. The van der Waals surface area contributed by atoms with Crippen LogP contribution in [0.2, 0.25) is 0 Å². The predicted molar refractivity (Wildman–Crippen MR) is 127 cm³/mol. The van der Waals surface area contributed by atoms with Gasteiger partial charge in [-0.15, -0.1) is 12.4 Å². The third-order valence-electron chi connectivity index (χ3n) is 2.97. The molecule has 0 aliphatic rings. The third-order valence-corrected chi connectivity index (χ3v) is 2.97. The summed E-state index contributed by atoms with van der Waals surface area (Å²) in [5.41, 5.74) is 6.60. The van der Waals surface area contributed by atoms with Gasteiger partial charge in [0.1, 0.15) is 12.8 Å². The summed E-state index contributed by atoms with van der Waals surface area (Å²) < 4.78 is 9.15. The Kier molecular flexibility index (Phi) is 24.5. The second-order valence-corrected chi connectivity index (χ2v) is 5.22. The van der Waals surface area contributed by atoms with Crippen LogP contribution in [-0.4, -0.2) is 50.7 Å². The van der Waals surface area contributed by atoms with Gasteiger partial charge in [0, 0.05) is 11.8 Å². The largest absolute Gasteiger partial charge is 0.465 e. The van der Waals surface area contributed by atoms with Crippen molar-refractivity contribution in [1.29, 1.82) is 0 Å². The first-order chi connectivity index (χ1) is 14.1. The number of esters is 2. The summed E-state index contributed by atoms with van der Waals surface area (Å²) >= 11 is 0. The van der Waals surface area contributed by atoms with Gasteiger partial charge >= 0.3 is 11.9 Å². The number of ether oxygens (including phenoxy) is 2. The summed E-state index contributed by atoms with van der Waals surface area (Å²) in [6.07, 6.45) is 2.50. The number of carbonyl (C=O) groups excluding carboxylic acids is 3. The van der Waals surface area contributed by atoms with Gasteiger partial charge in [-0.05, 0) is 19.4 Å². The number of carbonyl (C=O) groups is 3. The van der Waals surface area contributed by atoms with Crippen LogP contribution in [0, 0.1) is 0 Å². The van der Waals surface area contributed by atoms with Crippen LogP contribution < -0.4 is 5.73 Å². The second-order valence-electron chi connectivity index (χ2n) is 5.22. The van der Waals surface area contributed by atoms with Crippen LogP contribution in [0.25, 0.3) is 0 Å². The average molecular weight is 453 g/mol. The highest BCUT2D eigenvalue weighted by Crippen LogP contribution is 1.94. The molecule has 7 nitrogen and oxygen atoms in total. The number of aliphatic imine (C=N–C) groups is 1. The van der Waals surface area contributed by atoms with Crippen molar-refractivity contribution in [3.8, 4) is 0 Å². The molecular weight excluding hydrogens is 420 g/mol. The predicted octanol–water partition coefficient (Wildman–Crippen LogP) is 3.73. The number of rotatable bonds is 7. The fourth-order valence-corrected chi connectivity index (χ4v) is 1.72. The van der Waals surface area contributed by atoms with E-state index in [-0.39, 0.29) is 44.9 Å². The van der Waals surface area contributed by atoms with E-state index in [1.54, 1.807) is 32.2 Å². The average Bonchev–Trinajstić information content (AvgIpc) is 2.76.